The van der Waals surface area contributed by atoms with Crippen molar-refractivity contribution >= 4 is 23.2 Å². The van der Waals surface area contributed by atoms with Gasteiger partial charge in [-0.15, -0.1) is 13.2 Å². The van der Waals surface area contributed by atoms with Gasteiger partial charge in [0.15, 0.2) is 0 Å². The first kappa shape index (κ1) is 19.9. The maximum absolute atomic E-state index is 12.4. The molecule has 0 atom stereocenters. The number of benzene rings is 2. The van der Waals surface area contributed by atoms with Crippen molar-refractivity contribution in [2.24, 2.45) is 0 Å². The number of aromatic nitrogens is 1. The van der Waals surface area contributed by atoms with Crippen LogP contribution in [0, 0.1) is 0 Å². The molecule has 2 aromatic carbocycles. The molecule has 0 saturated heterocycles. The molecule has 0 saturated carbocycles. The number of rotatable bonds is 5. The van der Waals surface area contributed by atoms with E-state index in [4.69, 9.17) is 0 Å². The number of nitrogens with one attached hydrogen (secondary N) is 2. The van der Waals surface area contributed by atoms with Gasteiger partial charge in [0.1, 0.15) is 5.75 Å². The molecular weight excluding hydrogens is 387 g/mol. The van der Waals surface area contributed by atoms with Gasteiger partial charge in [-0.3, -0.25) is 14.6 Å². The normalized spacial score (nSPS) is 10.9. The van der Waals surface area contributed by atoms with E-state index in [9.17, 15) is 22.8 Å². The van der Waals surface area contributed by atoms with Crippen LogP contribution in [0.1, 0.15) is 20.7 Å². The van der Waals surface area contributed by atoms with Crippen LogP contribution in [0.25, 0.3) is 0 Å². The molecule has 1 aromatic heterocycles. The van der Waals surface area contributed by atoms with E-state index in [0.29, 0.717) is 11.3 Å². The Morgan fingerprint density at radius 2 is 1.45 bits per heavy atom. The molecule has 148 valence electrons. The largest absolute Gasteiger partial charge is 0.573 e. The highest BCUT2D eigenvalue weighted by Gasteiger charge is 2.31. The van der Waals surface area contributed by atoms with Crippen LogP contribution in [0.3, 0.4) is 0 Å². The quantitative estimate of drug-likeness (QED) is 0.660. The fraction of sp³-hybridized carbons (Fsp3) is 0.0500. The van der Waals surface area contributed by atoms with E-state index in [1.807, 2.05) is 0 Å². The van der Waals surface area contributed by atoms with Crippen LogP contribution >= 0.6 is 0 Å². The van der Waals surface area contributed by atoms with Gasteiger partial charge >= 0.3 is 6.36 Å². The van der Waals surface area contributed by atoms with E-state index in [2.05, 4.69) is 20.4 Å². The third-order valence-corrected chi connectivity index (χ3v) is 3.63. The monoisotopic (exact) mass is 401 g/mol. The smallest absolute Gasteiger partial charge is 0.406 e. The van der Waals surface area contributed by atoms with Crippen LogP contribution in [0.15, 0.2) is 73.1 Å². The van der Waals surface area contributed by atoms with Crippen molar-refractivity contribution in [3.8, 4) is 5.75 Å². The Morgan fingerprint density at radius 1 is 0.828 bits per heavy atom. The van der Waals surface area contributed by atoms with Gasteiger partial charge in [-0.2, -0.15) is 0 Å². The zero-order chi connectivity index (χ0) is 20.9. The van der Waals surface area contributed by atoms with Gasteiger partial charge in [0, 0.05) is 35.4 Å². The number of alkyl halides is 3. The van der Waals surface area contributed by atoms with Gasteiger partial charge in [-0.05, 0) is 42.5 Å². The van der Waals surface area contributed by atoms with E-state index >= 15 is 0 Å². The Balaban J connectivity index is 1.70. The maximum Gasteiger partial charge on any atom is 0.573 e. The van der Waals surface area contributed by atoms with Crippen LogP contribution in [-0.2, 0) is 0 Å². The molecule has 0 aliphatic heterocycles. The second-order valence-electron chi connectivity index (χ2n) is 5.81. The number of pyridine rings is 1. The number of carbonyl (C=O) groups excluding carboxylic acids is 2. The van der Waals surface area contributed by atoms with E-state index in [0.717, 1.165) is 12.1 Å². The third-order valence-electron chi connectivity index (χ3n) is 3.63. The fourth-order valence-corrected chi connectivity index (χ4v) is 2.41. The van der Waals surface area contributed by atoms with Crippen molar-refractivity contribution in [3.05, 3.63) is 84.2 Å². The Hall–Kier alpha value is -3.88. The summed E-state index contributed by atoms with van der Waals surface area (Å²) in [6, 6.07) is 14.3. The van der Waals surface area contributed by atoms with Crippen LogP contribution in [0.4, 0.5) is 24.5 Å². The molecule has 9 heteroatoms. The molecule has 3 aromatic rings. The van der Waals surface area contributed by atoms with Gasteiger partial charge in [0.05, 0.1) is 5.56 Å². The summed E-state index contributed by atoms with van der Waals surface area (Å²) in [6.07, 6.45) is -1.89. The zero-order valence-corrected chi connectivity index (χ0v) is 14.7. The number of carbonyl (C=O) groups is 2. The van der Waals surface area contributed by atoms with Gasteiger partial charge in [-0.1, -0.05) is 12.1 Å². The molecule has 0 fully saturated rings. The predicted octanol–water partition coefficient (Wildman–Crippen LogP) is 4.48. The van der Waals surface area contributed by atoms with Crippen LogP contribution in [0.2, 0.25) is 0 Å². The van der Waals surface area contributed by atoms with Crippen molar-refractivity contribution in [3.63, 3.8) is 0 Å². The summed E-state index contributed by atoms with van der Waals surface area (Å²) >= 11 is 0. The standard InChI is InChI=1S/C20H14F3N3O3/c21-20(22,23)29-17-8-2-7-16(11-17)26-18(27)13-4-1-6-15(10-13)25-19(28)14-5-3-9-24-12-14/h1-12H,(H,25,28)(H,26,27). The van der Waals surface area contributed by atoms with E-state index < -0.39 is 23.9 Å². The van der Waals surface area contributed by atoms with Gasteiger partial charge in [-0.25, -0.2) is 0 Å². The maximum atomic E-state index is 12.4. The van der Waals surface area contributed by atoms with Gasteiger partial charge < -0.3 is 15.4 Å². The summed E-state index contributed by atoms with van der Waals surface area (Å²) in [5, 5.41) is 5.14. The number of hydrogen-bond acceptors (Lipinski definition) is 4. The van der Waals surface area contributed by atoms with Crippen molar-refractivity contribution in [1.29, 1.82) is 0 Å². The van der Waals surface area contributed by atoms with Crippen LogP contribution in [-0.4, -0.2) is 23.2 Å². The van der Waals surface area contributed by atoms with Gasteiger partial charge in [0.2, 0.25) is 0 Å². The summed E-state index contributed by atoms with van der Waals surface area (Å²) in [7, 11) is 0. The molecule has 6 nitrogen and oxygen atoms in total. The molecule has 0 radical (unpaired) electrons. The number of anilines is 2. The van der Waals surface area contributed by atoms with Gasteiger partial charge in [0.25, 0.3) is 11.8 Å². The third kappa shape index (κ3) is 5.80. The number of nitrogens with zero attached hydrogens (tertiary/aromatic N) is 1. The number of halogens is 3. The SMILES string of the molecule is O=C(Nc1cccc(C(=O)Nc2cccc(OC(F)(F)F)c2)c1)c1cccnc1. The predicted molar refractivity (Wildman–Crippen MR) is 99.7 cm³/mol. The Kier molecular flexibility index (Phi) is 5.77. The zero-order valence-electron chi connectivity index (χ0n) is 14.7. The van der Waals surface area contributed by atoms with Crippen molar-refractivity contribution < 1.29 is 27.5 Å². The lowest BCUT2D eigenvalue weighted by molar-refractivity contribution is -0.274. The molecule has 0 bridgehead atoms. The molecular formula is C20H14F3N3O3. The molecule has 0 aliphatic carbocycles. The average Bonchev–Trinajstić information content (AvgIpc) is 2.68. The summed E-state index contributed by atoms with van der Waals surface area (Å²) in [4.78, 5) is 28.5. The molecule has 1 heterocycles. The first-order valence-electron chi connectivity index (χ1n) is 8.29. The van der Waals surface area contributed by atoms with Crippen molar-refractivity contribution in [1.82, 2.24) is 4.98 Å². The highest BCUT2D eigenvalue weighted by Crippen LogP contribution is 2.25. The van der Waals surface area contributed by atoms with E-state index in [1.54, 1.807) is 24.3 Å². The minimum absolute atomic E-state index is 0.126. The highest BCUT2D eigenvalue weighted by molar-refractivity contribution is 6.07. The highest BCUT2D eigenvalue weighted by atomic mass is 19.4. The molecule has 2 amide bonds. The summed E-state index contributed by atoms with van der Waals surface area (Å²) in [5.41, 5.74) is 1.06. The lowest BCUT2D eigenvalue weighted by Gasteiger charge is -2.11. The van der Waals surface area contributed by atoms with E-state index in [-0.39, 0.29) is 11.3 Å². The molecule has 29 heavy (non-hydrogen) atoms. The lowest BCUT2D eigenvalue weighted by Crippen LogP contribution is -2.17. The van der Waals surface area contributed by atoms with Crippen molar-refractivity contribution in [2.75, 3.05) is 10.6 Å². The number of hydrogen-bond donors (Lipinski definition) is 2. The summed E-state index contributed by atoms with van der Waals surface area (Å²) in [6.45, 7) is 0. The minimum Gasteiger partial charge on any atom is -0.406 e. The summed E-state index contributed by atoms with van der Waals surface area (Å²) < 4.78 is 40.8. The summed E-state index contributed by atoms with van der Waals surface area (Å²) in [5.74, 6) is -1.41. The molecule has 0 unspecified atom stereocenters. The van der Waals surface area contributed by atoms with Crippen LogP contribution < -0.4 is 15.4 Å². The second kappa shape index (κ2) is 8.42. The van der Waals surface area contributed by atoms with Crippen LogP contribution in [0.5, 0.6) is 5.75 Å². The topological polar surface area (TPSA) is 80.3 Å². The number of ether oxygens (including phenoxy) is 1. The molecule has 3 rings (SSSR count). The number of amides is 2. The Bertz CT molecular complexity index is 1020. The minimum atomic E-state index is -4.83. The first-order chi connectivity index (χ1) is 13.8. The Labute approximate surface area is 163 Å². The second-order valence-corrected chi connectivity index (χ2v) is 5.81. The molecule has 0 spiro atoms. The molecule has 0 aliphatic rings. The Morgan fingerprint density at radius 3 is 2.10 bits per heavy atom. The fourth-order valence-electron chi connectivity index (χ4n) is 2.41. The first-order valence-corrected chi connectivity index (χ1v) is 8.29. The lowest BCUT2D eigenvalue weighted by atomic mass is 10.1. The average molecular weight is 401 g/mol. The van der Waals surface area contributed by atoms with Crippen molar-refractivity contribution in [2.45, 2.75) is 6.36 Å². The molecule has 2 N–H and O–H groups in total. The van der Waals surface area contributed by atoms with E-state index in [1.165, 1.54) is 36.7 Å².